The minimum absolute atomic E-state index is 0.213. The molecule has 37 heavy (non-hydrogen) atoms. The van der Waals surface area contributed by atoms with Crippen molar-refractivity contribution in [2.75, 3.05) is 7.11 Å². The van der Waals surface area contributed by atoms with Crippen LogP contribution in [0.5, 0.6) is 5.75 Å². The van der Waals surface area contributed by atoms with Gasteiger partial charge < -0.3 is 15.0 Å². The highest BCUT2D eigenvalue weighted by Crippen LogP contribution is 2.34. The summed E-state index contributed by atoms with van der Waals surface area (Å²) in [6.45, 7) is 2.69. The van der Waals surface area contributed by atoms with E-state index in [9.17, 15) is 4.79 Å². The monoisotopic (exact) mass is 530 g/mol. The first-order valence-electron chi connectivity index (χ1n) is 11.9. The highest BCUT2D eigenvalue weighted by Gasteiger charge is 2.26. The number of hydrogen-bond acceptors (Lipinski definition) is 6. The van der Waals surface area contributed by atoms with Gasteiger partial charge in [-0.25, -0.2) is 0 Å². The van der Waals surface area contributed by atoms with Gasteiger partial charge in [0.1, 0.15) is 23.0 Å². The summed E-state index contributed by atoms with van der Waals surface area (Å²) in [7, 11) is 1.62. The first-order valence-corrected chi connectivity index (χ1v) is 13.1. The smallest absolute Gasteiger partial charge is 0.268 e. The number of nitrogens with one attached hydrogen (secondary N) is 2. The summed E-state index contributed by atoms with van der Waals surface area (Å²) in [6, 6.07) is 17.3. The van der Waals surface area contributed by atoms with Crippen molar-refractivity contribution in [3.05, 3.63) is 93.0 Å². The molecule has 0 atom stereocenters. The molecule has 2 N–H and O–H groups in total. The number of nitrogens with zero attached hydrogens (tertiary/aromatic N) is 4. The molecule has 0 saturated heterocycles. The number of ether oxygens (including phenoxy) is 1. The molecule has 0 fully saturated rings. The molecule has 3 aromatic heterocycles. The number of fused-ring (bicyclic) bond motifs is 4. The SMILES string of the molecule is CCc1cc2c(s1)-n1c(nnc1CNC(=O)c1cc3cc(OC)ccc3[nH]1)CN=C2c1ccccc1Cl. The predicted molar refractivity (Wildman–Crippen MR) is 145 cm³/mol. The first kappa shape index (κ1) is 23.4. The van der Waals surface area contributed by atoms with Crippen LogP contribution >= 0.6 is 22.9 Å². The molecule has 5 aromatic rings. The van der Waals surface area contributed by atoms with E-state index >= 15 is 0 Å². The molecule has 1 aliphatic rings. The van der Waals surface area contributed by atoms with Gasteiger partial charge in [-0.05, 0) is 42.8 Å². The number of aromatic nitrogens is 4. The average molecular weight is 531 g/mol. The van der Waals surface area contributed by atoms with Gasteiger partial charge in [0.2, 0.25) is 0 Å². The summed E-state index contributed by atoms with van der Waals surface area (Å²) in [5.74, 6) is 1.87. The van der Waals surface area contributed by atoms with Gasteiger partial charge in [-0.15, -0.1) is 21.5 Å². The van der Waals surface area contributed by atoms with Crippen LogP contribution in [0.2, 0.25) is 5.02 Å². The van der Waals surface area contributed by atoms with E-state index in [0.29, 0.717) is 23.1 Å². The van der Waals surface area contributed by atoms with Crippen LogP contribution in [-0.2, 0) is 19.5 Å². The molecule has 1 aliphatic heterocycles. The number of aliphatic imine (C=N–C) groups is 1. The molecule has 0 spiro atoms. The van der Waals surface area contributed by atoms with Crippen molar-refractivity contribution in [3.63, 3.8) is 0 Å². The number of H-pyrrole nitrogens is 1. The van der Waals surface area contributed by atoms with Crippen LogP contribution in [0.4, 0.5) is 0 Å². The van der Waals surface area contributed by atoms with E-state index in [1.807, 2.05) is 53.1 Å². The molecule has 4 heterocycles. The Labute approximate surface area is 222 Å². The van der Waals surface area contributed by atoms with Gasteiger partial charge in [0.15, 0.2) is 11.6 Å². The number of thiophene rings is 1. The largest absolute Gasteiger partial charge is 0.497 e. The lowest BCUT2D eigenvalue weighted by atomic mass is 10.0. The van der Waals surface area contributed by atoms with Gasteiger partial charge in [-0.1, -0.05) is 36.7 Å². The van der Waals surface area contributed by atoms with Crippen LogP contribution < -0.4 is 10.1 Å². The second kappa shape index (κ2) is 9.49. The molecule has 0 radical (unpaired) electrons. The molecule has 2 aromatic carbocycles. The van der Waals surface area contributed by atoms with Gasteiger partial charge in [0, 0.05) is 31.9 Å². The van der Waals surface area contributed by atoms with Gasteiger partial charge in [0.25, 0.3) is 5.91 Å². The lowest BCUT2D eigenvalue weighted by molar-refractivity contribution is 0.0945. The fraction of sp³-hybridized carbons (Fsp3) is 0.185. The number of halogens is 1. The molecular formula is C27H23ClN6O2S. The number of amides is 1. The third-order valence-corrected chi connectivity index (χ3v) is 7.95. The molecule has 0 bridgehead atoms. The molecule has 0 unspecified atom stereocenters. The van der Waals surface area contributed by atoms with Crippen LogP contribution in [0.3, 0.4) is 0 Å². The van der Waals surface area contributed by atoms with Gasteiger partial charge in [0.05, 0.1) is 19.4 Å². The lowest BCUT2D eigenvalue weighted by Crippen LogP contribution is -2.25. The summed E-state index contributed by atoms with van der Waals surface area (Å²) < 4.78 is 7.30. The number of carbonyl (C=O) groups excluding carboxylic acids is 1. The van der Waals surface area contributed by atoms with Crippen molar-refractivity contribution < 1.29 is 9.53 Å². The summed E-state index contributed by atoms with van der Waals surface area (Å²) in [5, 5.41) is 14.3. The maximum atomic E-state index is 13.0. The summed E-state index contributed by atoms with van der Waals surface area (Å²) >= 11 is 8.23. The van der Waals surface area contributed by atoms with E-state index in [1.165, 1.54) is 4.88 Å². The number of methoxy groups -OCH3 is 1. The zero-order valence-corrected chi connectivity index (χ0v) is 21.8. The van der Waals surface area contributed by atoms with E-state index in [4.69, 9.17) is 21.3 Å². The van der Waals surface area contributed by atoms with Crippen LogP contribution in [0.1, 0.15) is 45.1 Å². The second-order valence-electron chi connectivity index (χ2n) is 8.62. The molecule has 0 saturated carbocycles. The van der Waals surface area contributed by atoms with Crippen molar-refractivity contribution in [1.82, 2.24) is 25.1 Å². The number of rotatable bonds is 6. The maximum absolute atomic E-state index is 13.0. The molecule has 186 valence electrons. The van der Waals surface area contributed by atoms with Gasteiger partial charge >= 0.3 is 0 Å². The third kappa shape index (κ3) is 4.20. The van der Waals surface area contributed by atoms with E-state index in [0.717, 1.165) is 50.7 Å². The number of benzene rings is 2. The quantitative estimate of drug-likeness (QED) is 0.310. The molecule has 1 amide bonds. The van der Waals surface area contributed by atoms with E-state index in [1.54, 1.807) is 18.4 Å². The van der Waals surface area contributed by atoms with Crippen molar-refractivity contribution in [3.8, 4) is 10.8 Å². The summed E-state index contributed by atoms with van der Waals surface area (Å²) in [4.78, 5) is 22.3. The Bertz CT molecular complexity index is 1680. The fourth-order valence-corrected chi connectivity index (χ4v) is 5.84. The lowest BCUT2D eigenvalue weighted by Gasteiger charge is -2.10. The number of hydrogen-bond donors (Lipinski definition) is 2. The van der Waals surface area contributed by atoms with Crippen LogP contribution in [0.25, 0.3) is 15.9 Å². The zero-order valence-electron chi connectivity index (χ0n) is 20.2. The molecule has 6 rings (SSSR count). The first-order chi connectivity index (χ1) is 18.1. The minimum atomic E-state index is -0.227. The Morgan fingerprint density at radius 3 is 2.84 bits per heavy atom. The Hall–Kier alpha value is -3.95. The Kier molecular flexibility index (Phi) is 6.02. The normalized spacial score (nSPS) is 12.6. The molecular weight excluding hydrogens is 508 g/mol. The highest BCUT2D eigenvalue weighted by molar-refractivity contribution is 7.15. The standard InChI is InChI=1S/C27H23ClN6O2S/c1-3-17-12-19-25(18-6-4-5-7-20(18)28)29-13-23-32-33-24(34(23)27(19)37-17)14-30-26(35)22-11-15-10-16(36-2)8-9-21(15)31-22/h4-12,31H,3,13-14H2,1-2H3,(H,30,35). The van der Waals surface area contributed by atoms with Crippen LogP contribution in [0.15, 0.2) is 59.6 Å². The van der Waals surface area contributed by atoms with E-state index < -0.39 is 0 Å². The Balaban J connectivity index is 1.32. The topological polar surface area (TPSA) is 97.2 Å². The van der Waals surface area contributed by atoms with Crippen molar-refractivity contribution >= 4 is 45.5 Å². The predicted octanol–water partition coefficient (Wildman–Crippen LogP) is 5.32. The van der Waals surface area contributed by atoms with Gasteiger partial charge in [-0.3, -0.25) is 14.4 Å². The number of aryl methyl sites for hydroxylation is 1. The maximum Gasteiger partial charge on any atom is 0.268 e. The molecule has 10 heteroatoms. The minimum Gasteiger partial charge on any atom is -0.497 e. The highest BCUT2D eigenvalue weighted by atomic mass is 35.5. The fourth-order valence-electron chi connectivity index (χ4n) is 4.48. The van der Waals surface area contributed by atoms with E-state index in [-0.39, 0.29) is 12.5 Å². The van der Waals surface area contributed by atoms with Crippen LogP contribution in [-0.4, -0.2) is 38.5 Å². The van der Waals surface area contributed by atoms with Crippen molar-refractivity contribution in [1.29, 1.82) is 0 Å². The van der Waals surface area contributed by atoms with E-state index in [2.05, 4.69) is 33.5 Å². The summed E-state index contributed by atoms with van der Waals surface area (Å²) in [6.07, 6.45) is 0.891. The molecule has 0 aliphatic carbocycles. The Morgan fingerprint density at radius 2 is 2.03 bits per heavy atom. The van der Waals surface area contributed by atoms with Crippen LogP contribution in [0, 0.1) is 0 Å². The summed E-state index contributed by atoms with van der Waals surface area (Å²) in [5.41, 5.74) is 4.04. The van der Waals surface area contributed by atoms with Crippen molar-refractivity contribution in [2.24, 2.45) is 4.99 Å². The second-order valence-corrected chi connectivity index (χ2v) is 10.1. The number of aromatic amines is 1. The van der Waals surface area contributed by atoms with Gasteiger partial charge in [-0.2, -0.15) is 0 Å². The third-order valence-electron chi connectivity index (χ3n) is 6.35. The average Bonchev–Trinajstić information content (AvgIpc) is 3.62. The zero-order chi connectivity index (χ0) is 25.5. The van der Waals surface area contributed by atoms with Crippen molar-refractivity contribution in [2.45, 2.75) is 26.4 Å². The number of carbonyl (C=O) groups is 1. The Morgan fingerprint density at radius 1 is 1.16 bits per heavy atom. The molecule has 8 nitrogen and oxygen atoms in total.